The van der Waals surface area contributed by atoms with Crippen LogP contribution in [0.1, 0.15) is 27.9 Å². The number of ether oxygens (including phenoxy) is 1. The van der Waals surface area contributed by atoms with E-state index in [4.69, 9.17) is 9.72 Å². The second-order valence-corrected chi connectivity index (χ2v) is 8.31. The van der Waals surface area contributed by atoms with Gasteiger partial charge in [0.25, 0.3) is 5.56 Å². The Labute approximate surface area is 175 Å². The zero-order valence-electron chi connectivity index (χ0n) is 16.8. The second-order valence-electron chi connectivity index (χ2n) is 7.34. The summed E-state index contributed by atoms with van der Waals surface area (Å²) in [4.78, 5) is 22.7. The molecule has 0 aliphatic carbocycles. The first-order chi connectivity index (χ1) is 14.1. The maximum Gasteiger partial charge on any atom is 0.256 e. The number of H-pyrrole nitrogens is 1. The van der Waals surface area contributed by atoms with E-state index in [0.717, 1.165) is 47.8 Å². The van der Waals surface area contributed by atoms with Crippen LogP contribution in [0.15, 0.2) is 58.5 Å². The zero-order valence-corrected chi connectivity index (χ0v) is 17.6. The van der Waals surface area contributed by atoms with E-state index in [1.165, 1.54) is 11.1 Å². The van der Waals surface area contributed by atoms with Gasteiger partial charge in [0.1, 0.15) is 5.75 Å². The maximum atomic E-state index is 12.7. The quantitative estimate of drug-likeness (QED) is 0.495. The van der Waals surface area contributed by atoms with E-state index in [-0.39, 0.29) is 5.56 Å². The van der Waals surface area contributed by atoms with Crippen LogP contribution in [-0.4, -0.2) is 28.5 Å². The van der Waals surface area contributed by atoms with Gasteiger partial charge in [-0.2, -0.15) is 0 Å². The third-order valence-electron chi connectivity index (χ3n) is 5.21. The van der Waals surface area contributed by atoms with E-state index in [9.17, 15) is 4.79 Å². The van der Waals surface area contributed by atoms with Crippen LogP contribution in [0.25, 0.3) is 0 Å². The summed E-state index contributed by atoms with van der Waals surface area (Å²) in [6, 6.07) is 16.5. The van der Waals surface area contributed by atoms with Crippen molar-refractivity contribution in [1.82, 2.24) is 14.9 Å². The molecular formula is C23H25N3O2S. The van der Waals surface area contributed by atoms with Gasteiger partial charge in [-0.3, -0.25) is 9.69 Å². The molecule has 150 valence electrons. The van der Waals surface area contributed by atoms with Crippen molar-refractivity contribution >= 4 is 11.8 Å². The molecule has 1 N–H and O–H groups in total. The molecule has 0 fully saturated rings. The topological polar surface area (TPSA) is 58.2 Å². The van der Waals surface area contributed by atoms with Gasteiger partial charge in [-0.05, 0) is 18.6 Å². The average molecular weight is 408 g/mol. The van der Waals surface area contributed by atoms with E-state index in [2.05, 4.69) is 47.1 Å². The van der Waals surface area contributed by atoms with Gasteiger partial charge in [0.05, 0.1) is 18.4 Å². The monoisotopic (exact) mass is 407 g/mol. The highest BCUT2D eigenvalue weighted by Crippen LogP contribution is 2.24. The molecule has 1 aliphatic heterocycles. The highest BCUT2D eigenvalue weighted by atomic mass is 32.2. The lowest BCUT2D eigenvalue weighted by atomic mass is 10.1. The number of para-hydroxylation sites is 1. The minimum atomic E-state index is -0.0221. The van der Waals surface area contributed by atoms with Crippen molar-refractivity contribution in [2.75, 3.05) is 13.7 Å². The van der Waals surface area contributed by atoms with Crippen LogP contribution < -0.4 is 10.3 Å². The fraction of sp³-hybridized carbons (Fsp3) is 0.304. The molecule has 4 rings (SSSR count). The molecule has 0 atom stereocenters. The molecule has 0 unspecified atom stereocenters. The Balaban J connectivity index is 1.45. The Morgan fingerprint density at radius 1 is 1.17 bits per heavy atom. The first kappa shape index (κ1) is 19.7. The van der Waals surface area contributed by atoms with Gasteiger partial charge >= 0.3 is 0 Å². The lowest BCUT2D eigenvalue weighted by molar-refractivity contribution is 0.237. The summed E-state index contributed by atoms with van der Waals surface area (Å²) in [6.07, 6.45) is 0.784. The highest BCUT2D eigenvalue weighted by Gasteiger charge is 2.22. The second kappa shape index (κ2) is 8.84. The number of aromatic amines is 1. The summed E-state index contributed by atoms with van der Waals surface area (Å²) in [6.45, 7) is 4.33. The average Bonchev–Trinajstić information content (AvgIpc) is 2.74. The first-order valence-corrected chi connectivity index (χ1v) is 10.8. The van der Waals surface area contributed by atoms with Crippen LogP contribution in [0.3, 0.4) is 0 Å². The summed E-state index contributed by atoms with van der Waals surface area (Å²) in [5.41, 5.74) is 5.29. The lowest BCUT2D eigenvalue weighted by Crippen LogP contribution is -2.35. The fourth-order valence-corrected chi connectivity index (χ4v) is 4.41. The van der Waals surface area contributed by atoms with Crippen molar-refractivity contribution in [2.45, 2.75) is 37.3 Å². The van der Waals surface area contributed by atoms with E-state index in [1.807, 2.05) is 18.2 Å². The Hall–Kier alpha value is -2.57. The molecule has 3 aromatic rings. The molecule has 1 aliphatic rings. The molecule has 29 heavy (non-hydrogen) atoms. The van der Waals surface area contributed by atoms with Crippen molar-refractivity contribution in [2.24, 2.45) is 0 Å². The normalized spacial score (nSPS) is 13.9. The van der Waals surface area contributed by atoms with Gasteiger partial charge in [0, 0.05) is 37.4 Å². The number of hydrogen-bond donors (Lipinski definition) is 1. The van der Waals surface area contributed by atoms with Crippen molar-refractivity contribution in [1.29, 1.82) is 0 Å². The summed E-state index contributed by atoms with van der Waals surface area (Å²) in [5, 5.41) is 0.701. The lowest BCUT2D eigenvalue weighted by Gasteiger charge is -2.28. The minimum absolute atomic E-state index is 0.0221. The van der Waals surface area contributed by atoms with E-state index < -0.39 is 0 Å². The Morgan fingerprint density at radius 2 is 1.97 bits per heavy atom. The van der Waals surface area contributed by atoms with Gasteiger partial charge in [-0.1, -0.05) is 59.8 Å². The number of thioether (sulfide) groups is 1. The van der Waals surface area contributed by atoms with Gasteiger partial charge < -0.3 is 9.72 Å². The largest absolute Gasteiger partial charge is 0.496 e. The van der Waals surface area contributed by atoms with E-state index >= 15 is 0 Å². The molecular weight excluding hydrogens is 382 g/mol. The molecule has 2 aromatic carbocycles. The molecule has 0 saturated heterocycles. The summed E-state index contributed by atoms with van der Waals surface area (Å²) >= 11 is 1.58. The van der Waals surface area contributed by atoms with Crippen LogP contribution in [-0.2, 0) is 25.3 Å². The third-order valence-corrected chi connectivity index (χ3v) is 6.15. The standard InChI is InChI=1S/C23H25N3O2S/c1-16-7-9-17(10-8-16)15-29-23-24-20-11-12-26(14-19(20)22(27)25-23)13-18-5-3-4-6-21(18)28-2/h3-10H,11-15H2,1-2H3,(H,24,25,27). The minimum Gasteiger partial charge on any atom is -0.496 e. The van der Waals surface area contributed by atoms with Gasteiger partial charge in [-0.15, -0.1) is 0 Å². The molecule has 0 saturated carbocycles. The third kappa shape index (κ3) is 4.71. The number of fused-ring (bicyclic) bond motifs is 1. The van der Waals surface area contributed by atoms with Crippen LogP contribution in [0, 0.1) is 6.92 Å². The number of nitrogens with one attached hydrogen (secondary N) is 1. The van der Waals surface area contributed by atoms with Crippen LogP contribution in [0.5, 0.6) is 5.75 Å². The number of hydrogen-bond acceptors (Lipinski definition) is 5. The van der Waals surface area contributed by atoms with Crippen molar-refractivity contribution in [3.05, 3.63) is 86.8 Å². The number of rotatable bonds is 6. The van der Waals surface area contributed by atoms with Crippen molar-refractivity contribution in [3.63, 3.8) is 0 Å². The molecule has 0 spiro atoms. The van der Waals surface area contributed by atoms with E-state index in [1.54, 1.807) is 18.9 Å². The fourth-order valence-electron chi connectivity index (χ4n) is 3.57. The Morgan fingerprint density at radius 3 is 2.76 bits per heavy atom. The number of benzene rings is 2. The number of aromatic nitrogens is 2. The van der Waals surface area contributed by atoms with Gasteiger partial charge in [0.15, 0.2) is 5.16 Å². The first-order valence-electron chi connectivity index (χ1n) is 9.77. The van der Waals surface area contributed by atoms with E-state index in [0.29, 0.717) is 11.7 Å². The number of methoxy groups -OCH3 is 1. The summed E-state index contributed by atoms with van der Waals surface area (Å²) < 4.78 is 5.46. The number of nitrogens with zero attached hydrogens (tertiary/aromatic N) is 2. The smallest absolute Gasteiger partial charge is 0.256 e. The van der Waals surface area contributed by atoms with Crippen molar-refractivity contribution < 1.29 is 4.74 Å². The molecule has 0 radical (unpaired) electrons. The summed E-state index contributed by atoms with van der Waals surface area (Å²) in [5.74, 6) is 1.68. The van der Waals surface area contributed by atoms with Crippen LogP contribution in [0.4, 0.5) is 0 Å². The maximum absolute atomic E-state index is 12.7. The van der Waals surface area contributed by atoms with Crippen LogP contribution >= 0.6 is 11.8 Å². The molecule has 2 heterocycles. The molecule has 6 heteroatoms. The highest BCUT2D eigenvalue weighted by molar-refractivity contribution is 7.98. The molecule has 1 aromatic heterocycles. The Bertz CT molecular complexity index is 1050. The predicted molar refractivity (Wildman–Crippen MR) is 116 cm³/mol. The Kier molecular flexibility index (Phi) is 6.02. The molecule has 5 nitrogen and oxygen atoms in total. The predicted octanol–water partition coefficient (Wildman–Crippen LogP) is 3.94. The van der Waals surface area contributed by atoms with Gasteiger partial charge in [-0.25, -0.2) is 4.98 Å². The van der Waals surface area contributed by atoms with Crippen molar-refractivity contribution in [3.8, 4) is 5.75 Å². The van der Waals surface area contributed by atoms with Gasteiger partial charge in [0.2, 0.25) is 0 Å². The summed E-state index contributed by atoms with van der Waals surface area (Å²) in [7, 11) is 1.69. The zero-order chi connectivity index (χ0) is 20.2. The SMILES string of the molecule is COc1ccccc1CN1CCc2nc(SCc3ccc(C)cc3)[nH]c(=O)c2C1. The van der Waals surface area contributed by atoms with Crippen LogP contribution in [0.2, 0.25) is 0 Å². The number of aryl methyl sites for hydroxylation is 1. The molecule has 0 bridgehead atoms. The molecule has 0 amide bonds.